The Balaban J connectivity index is 0.831. The molecule has 0 fully saturated rings. The molecule has 0 spiro atoms. The molecular weight excluding hydrogens is 1560 g/mol. The molecule has 22 aromatic rings. The molecule has 0 bridgehead atoms. The van der Waals surface area contributed by atoms with Gasteiger partial charge in [-0.05, 0) is 249 Å². The minimum Gasteiger partial charge on any atom is -0.338 e. The van der Waals surface area contributed by atoms with Gasteiger partial charge < -0.3 is 28.1 Å². The van der Waals surface area contributed by atoms with Crippen molar-refractivity contribution in [2.75, 3.05) is 9.80 Å². The lowest BCUT2D eigenvalue weighted by Crippen LogP contribution is -2.62. The first kappa shape index (κ1) is 64.5. The summed E-state index contributed by atoms with van der Waals surface area (Å²) in [7, 11) is 0. The number of aromatic nitrogens is 4. The van der Waals surface area contributed by atoms with Crippen molar-refractivity contribution in [3.8, 4) is 67.0 Å². The Labute approximate surface area is 772 Å². The smallest absolute Gasteiger partial charge is 0.252 e. The monoisotopic (exact) mass is 1670 g/mol. The van der Waals surface area contributed by atoms with Crippen LogP contribution in [0.3, 0.4) is 0 Å². The molecule has 0 saturated carbocycles. The summed E-state index contributed by atoms with van der Waals surface area (Å²) in [6.07, 6.45) is 0. The van der Waals surface area contributed by atoms with Gasteiger partial charge in [0.05, 0.1) is 39.9 Å². The second-order valence-corrected chi connectivity index (χ2v) is 37.2. The van der Waals surface area contributed by atoms with Crippen LogP contribution in [-0.2, 0) is 30.5 Å². The van der Waals surface area contributed by atoms with Crippen molar-refractivity contribution < 1.29 is 17.8 Å². The average Bonchev–Trinajstić information content (AvgIpc) is 1.52. The molecule has 24 rings (SSSR count). The van der Waals surface area contributed by atoms with Crippen LogP contribution in [0.15, 0.2) is 400 Å². The standard InChI is InChI=1S/C122H97BN6/c1-78(2)86-52-58-108-101(68-86)102-70-90(121(3,4)5)53-59-109(102)124(108)75-79-50-56-106-116(62-79)126(77-105-99(84-38-20-12-21-39-84)71-91(122(6,7)8)72-100(105)85-40-22-13-23-41-85)118-63-80(64-119-120(118)123(106)107-57-51-87(81-32-14-9-15-33-81)69-117(107)129(119)94-66-88(82-34-16-10-17-35-82)65-89(67-94)83-36-18-11-19-37-83)76-125-110-60-54-92(127-112-46-28-24-42-95(112)96-43-25-29-47-113(96)127)73-103(110)104-74-93(55-61-111(104)125)128-114-48-30-26-44-97(114)98-45-27-31-49-115(98)128/h9-74,78H,75-77H2,1-8H3/i9D,14D,15D,24D,25D,28D,29D,32D,33D,42D,43D,46D,47D. The summed E-state index contributed by atoms with van der Waals surface area (Å²) in [5.74, 6) is 0.287. The lowest BCUT2D eigenvalue weighted by Gasteiger charge is -2.45. The molecular formula is C122H97BN6. The van der Waals surface area contributed by atoms with Gasteiger partial charge in [0.2, 0.25) is 0 Å². The zero-order chi connectivity index (χ0) is 98.0. The molecule has 7 heteroatoms. The number of hydrogen-bond donors (Lipinski definition) is 0. The Morgan fingerprint density at radius 1 is 0.287 bits per heavy atom. The first-order valence-electron chi connectivity index (χ1n) is 51.2. The van der Waals surface area contributed by atoms with Crippen LogP contribution in [0.4, 0.5) is 28.4 Å². The van der Waals surface area contributed by atoms with E-state index in [-0.39, 0.29) is 62.7 Å². The van der Waals surface area contributed by atoms with E-state index in [1.165, 1.54) is 27.5 Å². The van der Waals surface area contributed by atoms with Crippen LogP contribution in [0, 0.1) is 0 Å². The molecule has 2 aliphatic heterocycles. The number of hydrogen-bond acceptors (Lipinski definition) is 2. The van der Waals surface area contributed by atoms with E-state index < -0.39 is 73.2 Å². The Bertz CT molecular complexity index is 8850. The summed E-state index contributed by atoms with van der Waals surface area (Å²) < 4.78 is 131. The Hall–Kier alpha value is -15.2. The van der Waals surface area contributed by atoms with Gasteiger partial charge >= 0.3 is 0 Å². The van der Waals surface area contributed by atoms with Gasteiger partial charge in [-0.2, -0.15) is 0 Å². The van der Waals surface area contributed by atoms with Gasteiger partial charge in [0.15, 0.2) is 0 Å². The van der Waals surface area contributed by atoms with E-state index in [0.29, 0.717) is 24.3 Å². The predicted octanol–water partition coefficient (Wildman–Crippen LogP) is 30.2. The van der Waals surface area contributed by atoms with Crippen molar-refractivity contribution in [3.05, 3.63) is 433 Å². The van der Waals surface area contributed by atoms with E-state index >= 15 is 0 Å². The molecule has 0 amide bonds. The third-order valence-corrected chi connectivity index (χ3v) is 27.1. The fourth-order valence-corrected chi connectivity index (χ4v) is 20.8. The number of anilines is 5. The molecule has 0 aliphatic carbocycles. The van der Waals surface area contributed by atoms with Crippen LogP contribution in [0.1, 0.15) is 113 Å². The maximum atomic E-state index is 9.81. The van der Waals surface area contributed by atoms with Crippen molar-refractivity contribution in [2.45, 2.75) is 91.8 Å². The molecule has 618 valence electrons. The molecule has 0 saturated heterocycles. The SMILES string of the molecule is [2H]c1c([2H])c([2H])c(-c2ccc3c(c2)N(c2cc(-c4ccccc4)cc(-c4ccccc4)c2)c2cc(Cn4c5ccc(-n6c7ccccc7c7ccccc76)cc5c5cc(-n6c7c([2H])c([2H])c([2H])c([2H])c7c7c([2H])c([2H])c([2H])c([2H])c76)ccc54)cc4c2B3c2ccc(Cn3c5ccc(C(C)C)cc5c5cc(C(C)(C)C)ccc53)cc2N4Cc2c(-c3ccccc3)cc(C(C)(C)C)cc2-c2ccccc2)c([2H])c1[2H]. The second-order valence-electron chi connectivity index (χ2n) is 37.2. The third-order valence-electron chi connectivity index (χ3n) is 27.1. The molecule has 0 radical (unpaired) electrons. The first-order chi connectivity index (χ1) is 68.4. The zero-order valence-electron chi connectivity index (χ0n) is 86.1. The molecule has 18 aromatic carbocycles. The Morgan fingerprint density at radius 3 is 1.32 bits per heavy atom. The van der Waals surface area contributed by atoms with Crippen LogP contribution in [0.25, 0.3) is 154 Å². The molecule has 0 unspecified atom stereocenters. The van der Waals surface area contributed by atoms with Crippen LogP contribution >= 0.6 is 0 Å². The topological polar surface area (TPSA) is 26.2 Å². The van der Waals surface area contributed by atoms with E-state index in [1.54, 1.807) is 4.57 Å². The molecule has 2 aliphatic rings. The van der Waals surface area contributed by atoms with Gasteiger partial charge in [-0.15, -0.1) is 0 Å². The van der Waals surface area contributed by atoms with E-state index in [2.05, 4.69) is 364 Å². The van der Waals surface area contributed by atoms with Crippen LogP contribution < -0.4 is 26.2 Å². The number of rotatable bonds is 15. The highest BCUT2D eigenvalue weighted by Gasteiger charge is 2.45. The molecule has 0 N–H and O–H groups in total. The second kappa shape index (κ2) is 30.3. The van der Waals surface area contributed by atoms with E-state index in [9.17, 15) is 13.7 Å². The maximum absolute atomic E-state index is 9.81. The van der Waals surface area contributed by atoms with Crippen LogP contribution in [0.5, 0.6) is 0 Å². The largest absolute Gasteiger partial charge is 0.338 e. The molecule has 4 aromatic heterocycles. The summed E-state index contributed by atoms with van der Waals surface area (Å²) in [6, 6.07) is 110. The number of nitrogens with zero attached hydrogens (tertiary/aromatic N) is 6. The highest BCUT2D eigenvalue weighted by atomic mass is 15.2. The van der Waals surface area contributed by atoms with Gasteiger partial charge in [-0.25, -0.2) is 0 Å². The van der Waals surface area contributed by atoms with E-state index in [0.717, 1.165) is 166 Å². The van der Waals surface area contributed by atoms with Crippen molar-refractivity contribution in [2.24, 2.45) is 0 Å². The number of benzene rings is 18. The maximum Gasteiger partial charge on any atom is 0.252 e. The van der Waals surface area contributed by atoms with Gasteiger partial charge in [-0.1, -0.05) is 328 Å². The summed E-state index contributed by atoms with van der Waals surface area (Å²) in [5, 5.41) is 6.08. The Morgan fingerprint density at radius 2 is 0.752 bits per heavy atom. The normalized spacial score (nSPS) is 14.2. The molecule has 6 nitrogen and oxygen atoms in total. The van der Waals surface area contributed by atoms with Gasteiger partial charge in [0, 0.05) is 125 Å². The van der Waals surface area contributed by atoms with Crippen LogP contribution in [0.2, 0.25) is 0 Å². The molecule has 0 atom stereocenters. The lowest BCUT2D eigenvalue weighted by molar-refractivity contribution is 0.590. The minimum atomic E-state index is -0.537. The van der Waals surface area contributed by atoms with Crippen molar-refractivity contribution in [3.63, 3.8) is 0 Å². The fourth-order valence-electron chi connectivity index (χ4n) is 20.8. The molecule has 6 heterocycles. The fraction of sp³-hybridized carbons (Fsp3) is 0.115. The Kier molecular flexibility index (Phi) is 15.2. The number of fused-ring (bicyclic) bond motifs is 16. The minimum absolute atomic E-state index is 0.0110. The van der Waals surface area contributed by atoms with Crippen molar-refractivity contribution in [1.82, 2.24) is 18.3 Å². The summed E-state index contributed by atoms with van der Waals surface area (Å²) in [4.78, 5) is 4.97. The average molecular weight is 1670 g/mol. The van der Waals surface area contributed by atoms with E-state index in [4.69, 9.17) is 4.11 Å². The van der Waals surface area contributed by atoms with Gasteiger partial charge in [0.1, 0.15) is 0 Å². The zero-order valence-corrected chi connectivity index (χ0v) is 73.1. The number of para-hydroxylation sites is 4. The first-order valence-corrected chi connectivity index (χ1v) is 44.7. The molecule has 129 heavy (non-hydrogen) atoms. The lowest BCUT2D eigenvalue weighted by atomic mass is 9.33. The van der Waals surface area contributed by atoms with Crippen molar-refractivity contribution >= 4 is 139 Å². The van der Waals surface area contributed by atoms with Gasteiger partial charge in [0.25, 0.3) is 6.71 Å². The summed E-state index contributed by atoms with van der Waals surface area (Å²) in [6.45, 7) is 18.7. The van der Waals surface area contributed by atoms with E-state index in [1.807, 2.05) is 36.4 Å². The van der Waals surface area contributed by atoms with Crippen molar-refractivity contribution in [1.29, 1.82) is 0 Å². The highest BCUT2D eigenvalue weighted by molar-refractivity contribution is 7.00. The summed E-state index contributed by atoms with van der Waals surface area (Å²) >= 11 is 0. The third kappa shape index (κ3) is 13.0. The highest BCUT2D eigenvalue weighted by Crippen LogP contribution is 2.50. The summed E-state index contributed by atoms with van der Waals surface area (Å²) in [5.41, 5.74) is 29.4. The quantitative estimate of drug-likeness (QED) is 0.0956. The van der Waals surface area contributed by atoms with Gasteiger partial charge in [-0.3, -0.25) is 0 Å². The van der Waals surface area contributed by atoms with Crippen LogP contribution in [-0.4, -0.2) is 25.0 Å². The predicted molar refractivity (Wildman–Crippen MR) is 549 cm³/mol.